The molecule has 1 fully saturated rings. The summed E-state index contributed by atoms with van der Waals surface area (Å²) in [5.41, 5.74) is 0.402. The third kappa shape index (κ3) is 4.50. The highest BCUT2D eigenvalue weighted by Gasteiger charge is 2.24. The summed E-state index contributed by atoms with van der Waals surface area (Å²) in [6.07, 6.45) is 1.52. The zero-order valence-corrected chi connectivity index (χ0v) is 13.0. The fourth-order valence-corrected chi connectivity index (χ4v) is 3.10. The molecular formula is C17H26FNO2. The van der Waals surface area contributed by atoms with E-state index in [1.165, 1.54) is 6.07 Å². The molecule has 1 aromatic carbocycles. The van der Waals surface area contributed by atoms with Gasteiger partial charge in [-0.15, -0.1) is 0 Å². The number of ether oxygens (including phenoxy) is 1. The molecule has 0 amide bonds. The summed E-state index contributed by atoms with van der Waals surface area (Å²) in [5, 5.41) is 10.4. The maximum atomic E-state index is 13.7. The average molecular weight is 295 g/mol. The average Bonchev–Trinajstić information content (AvgIpc) is 2.49. The van der Waals surface area contributed by atoms with E-state index in [0.717, 1.165) is 39.1 Å². The van der Waals surface area contributed by atoms with Gasteiger partial charge in [-0.1, -0.05) is 25.1 Å². The van der Waals surface area contributed by atoms with Crippen molar-refractivity contribution in [1.82, 2.24) is 4.90 Å². The lowest BCUT2D eigenvalue weighted by atomic mass is 9.93. The van der Waals surface area contributed by atoms with E-state index in [4.69, 9.17) is 4.74 Å². The zero-order valence-electron chi connectivity index (χ0n) is 13.0. The second-order valence-electron chi connectivity index (χ2n) is 6.14. The first-order chi connectivity index (χ1) is 10.1. The van der Waals surface area contributed by atoms with Gasteiger partial charge in [0.2, 0.25) is 0 Å². The summed E-state index contributed by atoms with van der Waals surface area (Å²) in [4.78, 5) is 2.36. The van der Waals surface area contributed by atoms with Crippen molar-refractivity contribution in [2.24, 2.45) is 11.8 Å². The molecule has 1 aliphatic heterocycles. The molecule has 1 heterocycles. The SMILES string of the molecule is COCC1CCN(CC(C)C(O)c2ccccc2F)CC1. The summed E-state index contributed by atoms with van der Waals surface area (Å²) < 4.78 is 18.9. The molecule has 0 aliphatic carbocycles. The Labute approximate surface area is 126 Å². The number of aliphatic hydroxyl groups is 1. The topological polar surface area (TPSA) is 32.7 Å². The Morgan fingerprint density at radius 3 is 2.62 bits per heavy atom. The lowest BCUT2D eigenvalue weighted by Crippen LogP contribution is -2.38. The van der Waals surface area contributed by atoms with Gasteiger partial charge in [-0.3, -0.25) is 0 Å². The summed E-state index contributed by atoms with van der Waals surface area (Å²) in [5.74, 6) is 0.342. The largest absolute Gasteiger partial charge is 0.388 e. The molecule has 2 atom stereocenters. The van der Waals surface area contributed by atoms with Gasteiger partial charge in [0, 0.05) is 25.8 Å². The normalized spacial score (nSPS) is 20.4. The first kappa shape index (κ1) is 16.4. The number of piperidine rings is 1. The molecule has 0 saturated carbocycles. The molecule has 2 unspecified atom stereocenters. The van der Waals surface area contributed by atoms with Crippen molar-refractivity contribution in [2.45, 2.75) is 25.9 Å². The molecule has 0 aromatic heterocycles. The summed E-state index contributed by atoms with van der Waals surface area (Å²) in [7, 11) is 1.75. The first-order valence-electron chi connectivity index (χ1n) is 7.75. The van der Waals surface area contributed by atoms with Crippen LogP contribution >= 0.6 is 0 Å². The molecule has 2 rings (SSSR count). The number of hydrogen-bond acceptors (Lipinski definition) is 3. The Morgan fingerprint density at radius 2 is 2.00 bits per heavy atom. The Bertz CT molecular complexity index is 433. The molecule has 1 aliphatic rings. The molecule has 1 saturated heterocycles. The molecular weight excluding hydrogens is 269 g/mol. The number of methoxy groups -OCH3 is 1. The second kappa shape index (κ2) is 7.87. The van der Waals surface area contributed by atoms with Gasteiger partial charge in [0.05, 0.1) is 6.10 Å². The van der Waals surface area contributed by atoms with Crippen LogP contribution in [0.2, 0.25) is 0 Å². The van der Waals surface area contributed by atoms with Gasteiger partial charge >= 0.3 is 0 Å². The Morgan fingerprint density at radius 1 is 1.33 bits per heavy atom. The predicted octanol–water partition coefficient (Wildman–Crippen LogP) is 2.85. The Balaban J connectivity index is 1.85. The molecule has 0 bridgehead atoms. The van der Waals surface area contributed by atoms with Crippen LogP contribution in [0.1, 0.15) is 31.4 Å². The minimum atomic E-state index is -0.747. The number of aliphatic hydroxyl groups excluding tert-OH is 1. The van der Waals surface area contributed by atoms with Crippen molar-refractivity contribution in [2.75, 3.05) is 33.4 Å². The van der Waals surface area contributed by atoms with E-state index in [-0.39, 0.29) is 11.7 Å². The fourth-order valence-electron chi connectivity index (χ4n) is 3.10. The van der Waals surface area contributed by atoms with E-state index in [0.29, 0.717) is 11.5 Å². The molecule has 0 spiro atoms. The highest BCUT2D eigenvalue weighted by molar-refractivity contribution is 5.20. The first-order valence-corrected chi connectivity index (χ1v) is 7.75. The molecule has 1 N–H and O–H groups in total. The fraction of sp³-hybridized carbons (Fsp3) is 0.647. The van der Waals surface area contributed by atoms with Gasteiger partial charge in [-0.05, 0) is 43.8 Å². The minimum Gasteiger partial charge on any atom is -0.388 e. The lowest BCUT2D eigenvalue weighted by molar-refractivity contribution is 0.0589. The van der Waals surface area contributed by atoms with Crippen molar-refractivity contribution in [3.8, 4) is 0 Å². The van der Waals surface area contributed by atoms with Crippen LogP contribution in [0.4, 0.5) is 4.39 Å². The van der Waals surface area contributed by atoms with Gasteiger partial charge < -0.3 is 14.7 Å². The van der Waals surface area contributed by atoms with E-state index in [1.807, 2.05) is 6.92 Å². The van der Waals surface area contributed by atoms with Crippen LogP contribution in [0.15, 0.2) is 24.3 Å². The Kier molecular flexibility index (Phi) is 6.15. The van der Waals surface area contributed by atoms with E-state index in [9.17, 15) is 9.50 Å². The Hall–Kier alpha value is -0.970. The highest BCUT2D eigenvalue weighted by Crippen LogP contribution is 2.26. The zero-order chi connectivity index (χ0) is 15.2. The summed E-state index contributed by atoms with van der Waals surface area (Å²) >= 11 is 0. The van der Waals surface area contributed by atoms with Gasteiger partial charge in [0.25, 0.3) is 0 Å². The number of rotatable bonds is 6. The van der Waals surface area contributed by atoms with Gasteiger partial charge in [0.15, 0.2) is 0 Å². The minimum absolute atomic E-state index is 0.0147. The van der Waals surface area contributed by atoms with E-state index in [2.05, 4.69) is 4.90 Å². The van der Waals surface area contributed by atoms with E-state index in [1.54, 1.807) is 25.3 Å². The van der Waals surface area contributed by atoms with Gasteiger partial charge in [-0.25, -0.2) is 4.39 Å². The number of likely N-dealkylation sites (tertiary alicyclic amines) is 1. The van der Waals surface area contributed by atoms with Crippen LogP contribution in [-0.4, -0.2) is 43.4 Å². The maximum Gasteiger partial charge on any atom is 0.129 e. The van der Waals surface area contributed by atoms with Crippen molar-refractivity contribution in [3.63, 3.8) is 0 Å². The number of nitrogens with zero attached hydrogens (tertiary/aromatic N) is 1. The van der Waals surface area contributed by atoms with Crippen LogP contribution in [0.5, 0.6) is 0 Å². The van der Waals surface area contributed by atoms with Crippen molar-refractivity contribution < 1.29 is 14.2 Å². The van der Waals surface area contributed by atoms with E-state index >= 15 is 0 Å². The molecule has 4 heteroatoms. The quantitative estimate of drug-likeness (QED) is 0.876. The molecule has 118 valence electrons. The highest BCUT2D eigenvalue weighted by atomic mass is 19.1. The lowest BCUT2D eigenvalue weighted by Gasteiger charge is -2.34. The van der Waals surface area contributed by atoms with Crippen LogP contribution in [0, 0.1) is 17.7 Å². The molecule has 3 nitrogen and oxygen atoms in total. The number of halogens is 1. The number of hydrogen-bond donors (Lipinski definition) is 1. The molecule has 1 aromatic rings. The van der Waals surface area contributed by atoms with Crippen molar-refractivity contribution >= 4 is 0 Å². The third-order valence-electron chi connectivity index (χ3n) is 4.42. The van der Waals surface area contributed by atoms with Gasteiger partial charge in [0.1, 0.15) is 5.82 Å². The molecule has 21 heavy (non-hydrogen) atoms. The van der Waals surface area contributed by atoms with Crippen LogP contribution in [-0.2, 0) is 4.74 Å². The van der Waals surface area contributed by atoms with Gasteiger partial charge in [-0.2, -0.15) is 0 Å². The smallest absolute Gasteiger partial charge is 0.129 e. The summed E-state index contributed by atoms with van der Waals surface area (Å²) in [6.45, 7) is 5.68. The standard InChI is InChI=1S/C17H26FNO2/c1-13(17(20)15-5-3-4-6-16(15)18)11-19-9-7-14(8-10-19)12-21-2/h3-6,13-14,17,20H,7-12H2,1-2H3. The van der Waals surface area contributed by atoms with Crippen LogP contribution in [0.25, 0.3) is 0 Å². The number of benzene rings is 1. The van der Waals surface area contributed by atoms with Crippen LogP contribution < -0.4 is 0 Å². The molecule has 0 radical (unpaired) electrons. The maximum absolute atomic E-state index is 13.7. The third-order valence-corrected chi connectivity index (χ3v) is 4.42. The van der Waals surface area contributed by atoms with E-state index < -0.39 is 6.10 Å². The van der Waals surface area contributed by atoms with Crippen LogP contribution in [0.3, 0.4) is 0 Å². The monoisotopic (exact) mass is 295 g/mol. The van der Waals surface area contributed by atoms with Crippen molar-refractivity contribution in [3.05, 3.63) is 35.6 Å². The second-order valence-corrected chi connectivity index (χ2v) is 6.14. The predicted molar refractivity (Wildman–Crippen MR) is 81.6 cm³/mol. The summed E-state index contributed by atoms with van der Waals surface area (Å²) in [6, 6.07) is 6.49. The van der Waals surface area contributed by atoms with Crippen molar-refractivity contribution in [1.29, 1.82) is 0 Å².